The quantitative estimate of drug-likeness (QED) is 0.551. The van der Waals surface area contributed by atoms with Crippen molar-refractivity contribution in [3.63, 3.8) is 0 Å². The molecule has 1 amide bonds. The highest BCUT2D eigenvalue weighted by Crippen LogP contribution is 2.38. The van der Waals surface area contributed by atoms with Gasteiger partial charge in [-0.05, 0) is 35.9 Å². The number of aromatic nitrogens is 3. The number of thiophene rings is 1. The van der Waals surface area contributed by atoms with E-state index in [2.05, 4.69) is 20.5 Å². The third-order valence-electron chi connectivity index (χ3n) is 3.74. The molecule has 0 fully saturated rings. The Morgan fingerprint density at radius 1 is 1.12 bits per heavy atom. The summed E-state index contributed by atoms with van der Waals surface area (Å²) >= 11 is 7.53. The molecule has 3 aromatic heterocycles. The van der Waals surface area contributed by atoms with Crippen LogP contribution in [-0.4, -0.2) is 21.1 Å². The second kappa shape index (κ2) is 6.70. The van der Waals surface area contributed by atoms with E-state index in [1.807, 2.05) is 42.5 Å². The van der Waals surface area contributed by atoms with Gasteiger partial charge in [0.2, 0.25) is 0 Å². The summed E-state index contributed by atoms with van der Waals surface area (Å²) in [7, 11) is 0. The molecular formula is C18H12ClN5OS. The van der Waals surface area contributed by atoms with Crippen LogP contribution in [0.4, 0.5) is 11.5 Å². The maximum absolute atomic E-state index is 11.8. The van der Waals surface area contributed by atoms with Gasteiger partial charge in [-0.1, -0.05) is 23.7 Å². The molecule has 3 heterocycles. The number of hydrogen-bond donors (Lipinski definition) is 2. The van der Waals surface area contributed by atoms with Gasteiger partial charge in [0.15, 0.2) is 11.5 Å². The van der Waals surface area contributed by atoms with Gasteiger partial charge in [0, 0.05) is 33.4 Å². The van der Waals surface area contributed by atoms with Crippen molar-refractivity contribution in [1.29, 1.82) is 0 Å². The van der Waals surface area contributed by atoms with Crippen molar-refractivity contribution in [2.24, 2.45) is 5.73 Å². The molecule has 1 aromatic carbocycles. The van der Waals surface area contributed by atoms with E-state index < -0.39 is 5.91 Å². The van der Waals surface area contributed by atoms with E-state index >= 15 is 0 Å². The van der Waals surface area contributed by atoms with Gasteiger partial charge >= 0.3 is 0 Å². The number of benzene rings is 1. The molecule has 4 aromatic rings. The number of fused-ring (bicyclic) bond motifs is 1. The molecule has 0 saturated heterocycles. The largest absolute Gasteiger partial charge is 0.364 e. The number of carbonyl (C=O) groups is 1. The maximum Gasteiger partial charge on any atom is 0.270 e. The van der Waals surface area contributed by atoms with Crippen molar-refractivity contribution in [2.45, 2.75) is 0 Å². The lowest BCUT2D eigenvalue weighted by Gasteiger charge is -2.06. The van der Waals surface area contributed by atoms with Crippen molar-refractivity contribution in [3.05, 3.63) is 65.6 Å². The summed E-state index contributed by atoms with van der Waals surface area (Å²) in [4.78, 5) is 16.7. The molecular weight excluding hydrogens is 370 g/mol. The topological polar surface area (TPSA) is 93.8 Å². The average molecular weight is 382 g/mol. The van der Waals surface area contributed by atoms with Crippen molar-refractivity contribution in [2.75, 3.05) is 5.32 Å². The monoisotopic (exact) mass is 381 g/mol. The van der Waals surface area contributed by atoms with Crippen LogP contribution in [0.3, 0.4) is 0 Å². The number of primary amides is 1. The fourth-order valence-corrected chi connectivity index (χ4v) is 3.89. The normalized spacial score (nSPS) is 10.8. The Balaban J connectivity index is 1.88. The number of carbonyl (C=O) groups excluding carboxylic acids is 1. The van der Waals surface area contributed by atoms with Gasteiger partial charge in [-0.3, -0.25) is 9.78 Å². The van der Waals surface area contributed by atoms with E-state index in [1.165, 1.54) is 11.3 Å². The van der Waals surface area contributed by atoms with E-state index in [0.717, 1.165) is 21.5 Å². The molecule has 3 N–H and O–H groups in total. The first-order valence-corrected chi connectivity index (χ1v) is 8.84. The third kappa shape index (κ3) is 3.10. The first-order chi connectivity index (χ1) is 12.6. The first kappa shape index (κ1) is 16.4. The minimum Gasteiger partial charge on any atom is -0.364 e. The molecule has 0 aliphatic heterocycles. The van der Waals surface area contributed by atoms with E-state index in [4.69, 9.17) is 17.3 Å². The van der Waals surface area contributed by atoms with Crippen LogP contribution in [0.15, 0.2) is 54.9 Å². The van der Waals surface area contributed by atoms with Crippen LogP contribution >= 0.6 is 22.9 Å². The Kier molecular flexibility index (Phi) is 4.24. The van der Waals surface area contributed by atoms with Crippen molar-refractivity contribution in [1.82, 2.24) is 15.2 Å². The number of amides is 1. The van der Waals surface area contributed by atoms with Crippen LogP contribution in [-0.2, 0) is 0 Å². The number of pyridine rings is 1. The number of halogens is 1. The van der Waals surface area contributed by atoms with Gasteiger partial charge < -0.3 is 11.1 Å². The molecule has 0 atom stereocenters. The molecule has 0 aliphatic rings. The molecule has 6 nitrogen and oxygen atoms in total. The van der Waals surface area contributed by atoms with Crippen LogP contribution < -0.4 is 11.1 Å². The lowest BCUT2D eigenvalue weighted by molar-refractivity contribution is 0.0996. The lowest BCUT2D eigenvalue weighted by Crippen LogP contribution is -2.14. The summed E-state index contributed by atoms with van der Waals surface area (Å²) in [5, 5.41) is 12.8. The molecule has 26 heavy (non-hydrogen) atoms. The Morgan fingerprint density at radius 2 is 1.92 bits per heavy atom. The minimum absolute atomic E-state index is 0.151. The molecule has 0 radical (unpaired) electrons. The summed E-state index contributed by atoms with van der Waals surface area (Å²) in [5.74, 6) is -0.0711. The van der Waals surface area contributed by atoms with Gasteiger partial charge in [0.05, 0.1) is 4.70 Å². The second-order valence-corrected chi connectivity index (χ2v) is 6.97. The van der Waals surface area contributed by atoms with Crippen LogP contribution in [0, 0.1) is 0 Å². The summed E-state index contributed by atoms with van der Waals surface area (Å²) in [6.45, 7) is 0. The molecule has 0 unspecified atom stereocenters. The van der Waals surface area contributed by atoms with Crippen molar-refractivity contribution >= 4 is 50.4 Å². The Labute approximate surface area is 157 Å². The molecule has 0 spiro atoms. The molecule has 0 aliphatic carbocycles. The maximum atomic E-state index is 11.8. The van der Waals surface area contributed by atoms with Gasteiger partial charge in [0.1, 0.15) is 0 Å². The highest BCUT2D eigenvalue weighted by atomic mass is 35.5. The van der Waals surface area contributed by atoms with E-state index in [-0.39, 0.29) is 5.69 Å². The average Bonchev–Trinajstić information content (AvgIpc) is 3.08. The van der Waals surface area contributed by atoms with Gasteiger partial charge in [-0.15, -0.1) is 21.5 Å². The predicted molar refractivity (Wildman–Crippen MR) is 104 cm³/mol. The Morgan fingerprint density at radius 3 is 2.65 bits per heavy atom. The Bertz CT molecular complexity index is 1110. The van der Waals surface area contributed by atoms with Crippen molar-refractivity contribution < 1.29 is 4.79 Å². The number of nitrogens with one attached hydrogen (secondary N) is 1. The zero-order valence-corrected chi connectivity index (χ0v) is 14.9. The highest BCUT2D eigenvalue weighted by molar-refractivity contribution is 7.22. The fraction of sp³-hybridized carbons (Fsp3) is 0. The third-order valence-corrected chi connectivity index (χ3v) is 5.16. The smallest absolute Gasteiger partial charge is 0.270 e. The number of nitrogens with zero attached hydrogens (tertiary/aromatic N) is 3. The minimum atomic E-state index is -0.613. The summed E-state index contributed by atoms with van der Waals surface area (Å²) < 4.78 is 0.680. The van der Waals surface area contributed by atoms with Crippen LogP contribution in [0.25, 0.3) is 20.5 Å². The lowest BCUT2D eigenvalue weighted by atomic mass is 10.1. The first-order valence-electron chi connectivity index (χ1n) is 7.65. The molecule has 8 heteroatoms. The number of nitrogens with two attached hydrogens (primary N) is 1. The van der Waals surface area contributed by atoms with Crippen LogP contribution in [0.2, 0.25) is 5.02 Å². The SMILES string of the molecule is NC(=O)c1nnc(Nc2ccncc2)c2cc(-c3cccc(Cl)c3)sc12. The van der Waals surface area contributed by atoms with Crippen LogP contribution in [0.5, 0.6) is 0 Å². The molecule has 0 bridgehead atoms. The molecule has 4 rings (SSSR count). The number of rotatable bonds is 4. The summed E-state index contributed by atoms with van der Waals surface area (Å²) in [6.07, 6.45) is 3.35. The number of anilines is 2. The van der Waals surface area contributed by atoms with E-state index in [1.54, 1.807) is 12.4 Å². The van der Waals surface area contributed by atoms with Gasteiger partial charge in [-0.25, -0.2) is 0 Å². The molecule has 0 saturated carbocycles. The standard InChI is InChI=1S/C18H12ClN5OS/c19-11-3-1-2-10(8-11)14-9-13-16(26-14)15(17(20)25)23-24-18(13)22-12-4-6-21-7-5-12/h1-9H,(H2,20,25)(H,21,22,24). The number of hydrogen-bond acceptors (Lipinski definition) is 6. The molecule has 128 valence electrons. The van der Waals surface area contributed by atoms with Gasteiger partial charge in [0.25, 0.3) is 5.91 Å². The van der Waals surface area contributed by atoms with E-state index in [0.29, 0.717) is 15.5 Å². The highest BCUT2D eigenvalue weighted by Gasteiger charge is 2.18. The zero-order valence-electron chi connectivity index (χ0n) is 13.3. The summed E-state index contributed by atoms with van der Waals surface area (Å²) in [5.41, 5.74) is 7.39. The Hall–Kier alpha value is -3.03. The van der Waals surface area contributed by atoms with Crippen molar-refractivity contribution in [3.8, 4) is 10.4 Å². The van der Waals surface area contributed by atoms with E-state index in [9.17, 15) is 4.79 Å². The predicted octanol–water partition coefficient (Wildman–Crippen LogP) is 4.25. The summed E-state index contributed by atoms with van der Waals surface area (Å²) in [6, 6.07) is 13.1. The fourth-order valence-electron chi connectivity index (χ4n) is 2.55. The van der Waals surface area contributed by atoms with Crippen LogP contribution in [0.1, 0.15) is 10.5 Å². The zero-order chi connectivity index (χ0) is 18.1. The van der Waals surface area contributed by atoms with Gasteiger partial charge in [-0.2, -0.15) is 0 Å². The second-order valence-electron chi connectivity index (χ2n) is 5.49.